The second kappa shape index (κ2) is 7.98. The zero-order valence-electron chi connectivity index (χ0n) is 14.5. The molecule has 0 spiro atoms. The highest BCUT2D eigenvalue weighted by molar-refractivity contribution is 6.30. The van der Waals surface area contributed by atoms with Crippen molar-refractivity contribution in [1.29, 1.82) is 0 Å². The first-order valence-corrected chi connectivity index (χ1v) is 8.65. The van der Waals surface area contributed by atoms with E-state index in [0.717, 1.165) is 0 Å². The Morgan fingerprint density at radius 2 is 1.30 bits per heavy atom. The molecule has 0 aromatic heterocycles. The van der Waals surface area contributed by atoms with E-state index in [2.05, 4.69) is 5.32 Å². The molecule has 0 aliphatic heterocycles. The number of hydrogen-bond acceptors (Lipinski definition) is 3. The molecule has 4 nitrogen and oxygen atoms in total. The van der Waals surface area contributed by atoms with Crippen LogP contribution in [0.15, 0.2) is 72.8 Å². The van der Waals surface area contributed by atoms with Crippen LogP contribution < -0.4 is 5.32 Å². The van der Waals surface area contributed by atoms with Gasteiger partial charge in [0.1, 0.15) is 0 Å². The SMILES string of the molecule is CC(=O)c1ccc(NC(=O)c2ccccc2C(=O)c2ccc(Cl)cc2)cc1. The van der Waals surface area contributed by atoms with Crippen LogP contribution in [-0.2, 0) is 0 Å². The van der Waals surface area contributed by atoms with E-state index in [0.29, 0.717) is 27.4 Å². The first-order chi connectivity index (χ1) is 13.0. The molecule has 0 bridgehead atoms. The number of Topliss-reactive ketones (excluding diaryl/α,β-unsaturated/α-hetero) is 1. The molecule has 3 rings (SSSR count). The molecule has 0 aliphatic carbocycles. The number of carbonyl (C=O) groups excluding carboxylic acids is 3. The van der Waals surface area contributed by atoms with Gasteiger partial charge < -0.3 is 5.32 Å². The molecule has 0 radical (unpaired) electrons. The minimum Gasteiger partial charge on any atom is -0.322 e. The minimum absolute atomic E-state index is 0.0493. The van der Waals surface area contributed by atoms with Gasteiger partial charge in [-0.1, -0.05) is 29.8 Å². The highest BCUT2D eigenvalue weighted by Crippen LogP contribution is 2.19. The first-order valence-electron chi connectivity index (χ1n) is 8.27. The van der Waals surface area contributed by atoms with Crippen molar-refractivity contribution in [2.24, 2.45) is 0 Å². The Labute approximate surface area is 161 Å². The molecule has 0 saturated carbocycles. The van der Waals surface area contributed by atoms with Crippen LogP contribution in [0.5, 0.6) is 0 Å². The van der Waals surface area contributed by atoms with Crippen molar-refractivity contribution in [2.75, 3.05) is 5.32 Å². The van der Waals surface area contributed by atoms with Gasteiger partial charge in [-0.15, -0.1) is 0 Å². The fraction of sp³-hybridized carbons (Fsp3) is 0.0455. The lowest BCUT2D eigenvalue weighted by atomic mass is 9.98. The lowest BCUT2D eigenvalue weighted by Gasteiger charge is -2.10. The number of amides is 1. The van der Waals surface area contributed by atoms with E-state index in [1.807, 2.05) is 0 Å². The predicted octanol–water partition coefficient (Wildman–Crippen LogP) is 5.03. The zero-order chi connectivity index (χ0) is 19.4. The molecule has 0 fully saturated rings. The van der Waals surface area contributed by atoms with Gasteiger partial charge in [-0.2, -0.15) is 0 Å². The average Bonchev–Trinajstić information content (AvgIpc) is 2.68. The van der Waals surface area contributed by atoms with Crippen LogP contribution in [0.2, 0.25) is 5.02 Å². The van der Waals surface area contributed by atoms with Gasteiger partial charge in [-0.05, 0) is 61.5 Å². The maximum absolute atomic E-state index is 12.8. The molecule has 5 heteroatoms. The molecule has 3 aromatic rings. The Morgan fingerprint density at radius 3 is 1.89 bits per heavy atom. The fourth-order valence-corrected chi connectivity index (χ4v) is 2.75. The number of halogens is 1. The smallest absolute Gasteiger partial charge is 0.256 e. The summed E-state index contributed by atoms with van der Waals surface area (Å²) in [4.78, 5) is 36.8. The maximum atomic E-state index is 12.8. The second-order valence-electron chi connectivity index (χ2n) is 5.97. The van der Waals surface area contributed by atoms with Crippen molar-refractivity contribution in [3.05, 3.63) is 100 Å². The van der Waals surface area contributed by atoms with E-state index in [4.69, 9.17) is 11.6 Å². The minimum atomic E-state index is -0.400. The molecule has 1 N–H and O–H groups in total. The highest BCUT2D eigenvalue weighted by Gasteiger charge is 2.18. The molecule has 27 heavy (non-hydrogen) atoms. The van der Waals surface area contributed by atoms with E-state index in [9.17, 15) is 14.4 Å². The number of benzene rings is 3. The van der Waals surface area contributed by atoms with Crippen LogP contribution in [0, 0.1) is 0 Å². The Morgan fingerprint density at radius 1 is 0.741 bits per heavy atom. The fourth-order valence-electron chi connectivity index (χ4n) is 2.62. The Kier molecular flexibility index (Phi) is 5.48. The van der Waals surface area contributed by atoms with Crippen LogP contribution in [0.25, 0.3) is 0 Å². The van der Waals surface area contributed by atoms with Crippen LogP contribution in [-0.4, -0.2) is 17.5 Å². The average molecular weight is 378 g/mol. The van der Waals surface area contributed by atoms with Gasteiger partial charge in [0.15, 0.2) is 11.6 Å². The summed E-state index contributed by atoms with van der Waals surface area (Å²) in [7, 11) is 0. The summed E-state index contributed by atoms with van der Waals surface area (Å²) in [5, 5.41) is 3.29. The van der Waals surface area contributed by atoms with E-state index in [1.165, 1.54) is 6.92 Å². The summed E-state index contributed by atoms with van der Waals surface area (Å²) < 4.78 is 0. The van der Waals surface area contributed by atoms with Crippen molar-refractivity contribution >= 4 is 34.8 Å². The topological polar surface area (TPSA) is 63.2 Å². The first kappa shape index (κ1) is 18.5. The second-order valence-corrected chi connectivity index (χ2v) is 6.41. The van der Waals surface area contributed by atoms with Crippen molar-refractivity contribution in [3.8, 4) is 0 Å². The van der Waals surface area contributed by atoms with Gasteiger partial charge in [0, 0.05) is 27.4 Å². The summed E-state index contributed by atoms with van der Waals surface area (Å²) in [5.74, 6) is -0.709. The molecule has 3 aromatic carbocycles. The third-order valence-corrected chi connectivity index (χ3v) is 4.32. The zero-order valence-corrected chi connectivity index (χ0v) is 15.3. The summed E-state index contributed by atoms with van der Waals surface area (Å²) in [6, 6.07) is 19.7. The third-order valence-electron chi connectivity index (χ3n) is 4.07. The number of carbonyl (C=O) groups is 3. The van der Waals surface area contributed by atoms with Crippen LogP contribution in [0.1, 0.15) is 43.6 Å². The van der Waals surface area contributed by atoms with Crippen molar-refractivity contribution in [1.82, 2.24) is 0 Å². The van der Waals surface area contributed by atoms with Gasteiger partial charge in [0.2, 0.25) is 0 Å². The number of hydrogen-bond donors (Lipinski definition) is 1. The van der Waals surface area contributed by atoms with E-state index < -0.39 is 5.91 Å². The normalized spacial score (nSPS) is 10.3. The van der Waals surface area contributed by atoms with Gasteiger partial charge in [-0.25, -0.2) is 0 Å². The van der Waals surface area contributed by atoms with E-state index in [1.54, 1.807) is 72.8 Å². The Bertz CT molecular complexity index is 1010. The molecular weight excluding hydrogens is 362 g/mol. The number of rotatable bonds is 5. The molecular formula is C22H16ClNO3. The van der Waals surface area contributed by atoms with Crippen molar-refractivity contribution < 1.29 is 14.4 Å². The Balaban J connectivity index is 1.86. The lowest BCUT2D eigenvalue weighted by Crippen LogP contribution is -2.17. The largest absolute Gasteiger partial charge is 0.322 e. The number of ketones is 2. The maximum Gasteiger partial charge on any atom is 0.256 e. The predicted molar refractivity (Wildman–Crippen MR) is 106 cm³/mol. The van der Waals surface area contributed by atoms with Gasteiger partial charge in [-0.3, -0.25) is 14.4 Å². The van der Waals surface area contributed by atoms with Gasteiger partial charge in [0.05, 0.1) is 5.56 Å². The van der Waals surface area contributed by atoms with E-state index in [-0.39, 0.29) is 17.1 Å². The van der Waals surface area contributed by atoms with Gasteiger partial charge in [0.25, 0.3) is 5.91 Å². The van der Waals surface area contributed by atoms with Crippen molar-refractivity contribution in [3.63, 3.8) is 0 Å². The summed E-state index contributed by atoms with van der Waals surface area (Å²) in [5.41, 5.74) is 2.13. The van der Waals surface area contributed by atoms with Crippen LogP contribution in [0.4, 0.5) is 5.69 Å². The molecule has 0 unspecified atom stereocenters. The molecule has 0 atom stereocenters. The van der Waals surface area contributed by atoms with Crippen LogP contribution >= 0.6 is 11.6 Å². The molecule has 1 amide bonds. The third kappa shape index (κ3) is 4.30. The Hall–Kier alpha value is -3.24. The van der Waals surface area contributed by atoms with Crippen molar-refractivity contribution in [2.45, 2.75) is 6.92 Å². The highest BCUT2D eigenvalue weighted by atomic mass is 35.5. The quantitative estimate of drug-likeness (QED) is 0.634. The molecule has 0 heterocycles. The number of anilines is 1. The van der Waals surface area contributed by atoms with E-state index >= 15 is 0 Å². The summed E-state index contributed by atoms with van der Waals surface area (Å²) >= 11 is 5.87. The lowest BCUT2D eigenvalue weighted by molar-refractivity contribution is 0.0996. The summed E-state index contributed by atoms with van der Waals surface area (Å²) in [6.45, 7) is 1.48. The molecule has 0 saturated heterocycles. The molecule has 134 valence electrons. The number of nitrogens with one attached hydrogen (secondary N) is 1. The summed E-state index contributed by atoms with van der Waals surface area (Å²) in [6.07, 6.45) is 0. The molecule has 0 aliphatic rings. The monoisotopic (exact) mass is 377 g/mol. The van der Waals surface area contributed by atoms with Crippen LogP contribution in [0.3, 0.4) is 0 Å². The standard InChI is InChI=1S/C22H16ClNO3/c1-14(25)15-8-12-18(13-9-15)24-22(27)20-5-3-2-4-19(20)21(26)16-6-10-17(23)11-7-16/h2-13H,1H3,(H,24,27). The van der Waals surface area contributed by atoms with Gasteiger partial charge >= 0.3 is 0 Å².